The minimum Gasteiger partial charge on any atom is -0.325 e. The summed E-state index contributed by atoms with van der Waals surface area (Å²) in [6.07, 6.45) is 8.16. The van der Waals surface area contributed by atoms with Crippen molar-refractivity contribution in [3.63, 3.8) is 0 Å². The first kappa shape index (κ1) is 22.7. The Labute approximate surface area is 204 Å². The maximum absolute atomic E-state index is 14.0. The number of thioether (sulfide) groups is 1. The summed E-state index contributed by atoms with van der Waals surface area (Å²) in [6, 6.07) is 17.7. The monoisotopic (exact) mass is 471 g/mol. The number of allylic oxidation sites excluding steroid dienone is 1. The lowest BCUT2D eigenvalue weighted by Gasteiger charge is -2.42. The number of carbonyl (C=O) groups excluding carboxylic acids is 1. The van der Waals surface area contributed by atoms with E-state index in [9.17, 15) is 9.59 Å². The average molecular weight is 472 g/mol. The molecule has 5 nitrogen and oxygen atoms in total. The van der Waals surface area contributed by atoms with Crippen LogP contribution in [0.1, 0.15) is 43.2 Å². The smallest absolute Gasteiger partial charge is 0.258 e. The van der Waals surface area contributed by atoms with Crippen LogP contribution in [0.15, 0.2) is 77.2 Å². The molecule has 5 rings (SSSR count). The predicted octanol–water partition coefficient (Wildman–Crippen LogP) is 5.59. The quantitative estimate of drug-likeness (QED) is 0.289. The highest BCUT2D eigenvalue weighted by Crippen LogP contribution is 2.48. The summed E-state index contributed by atoms with van der Waals surface area (Å²) in [5, 5.41) is 3.47. The van der Waals surface area contributed by atoms with E-state index >= 15 is 0 Å². The van der Waals surface area contributed by atoms with Gasteiger partial charge in [-0.05, 0) is 37.0 Å². The van der Waals surface area contributed by atoms with Crippen LogP contribution in [-0.4, -0.2) is 21.2 Å². The topological polar surface area (TPSA) is 64.0 Å². The fourth-order valence-electron chi connectivity index (χ4n) is 5.47. The van der Waals surface area contributed by atoms with Crippen molar-refractivity contribution in [3.05, 3.63) is 88.7 Å². The molecule has 174 valence electrons. The minimum atomic E-state index is -0.150. The van der Waals surface area contributed by atoms with Gasteiger partial charge in [0.05, 0.1) is 17.0 Å². The molecular weight excluding hydrogens is 442 g/mol. The molecule has 0 saturated heterocycles. The number of nitrogens with zero attached hydrogens (tertiary/aromatic N) is 2. The molecule has 2 aromatic carbocycles. The van der Waals surface area contributed by atoms with Gasteiger partial charge < -0.3 is 5.32 Å². The third-order valence-corrected chi connectivity index (χ3v) is 7.95. The van der Waals surface area contributed by atoms with Crippen LogP contribution in [0.3, 0.4) is 0 Å². The van der Waals surface area contributed by atoms with Crippen LogP contribution in [-0.2, 0) is 23.2 Å². The Kier molecular flexibility index (Phi) is 6.42. The molecule has 0 unspecified atom stereocenters. The number of hydrogen-bond donors (Lipinski definition) is 1. The van der Waals surface area contributed by atoms with Gasteiger partial charge in [-0.25, -0.2) is 4.98 Å². The fourth-order valence-corrected chi connectivity index (χ4v) is 6.27. The second-order valence-electron chi connectivity index (χ2n) is 9.20. The molecule has 1 saturated carbocycles. The molecule has 0 aliphatic heterocycles. The fraction of sp³-hybridized carbons (Fsp3) is 0.321. The molecule has 2 aliphatic carbocycles. The number of benzene rings is 2. The van der Waals surface area contributed by atoms with Gasteiger partial charge in [0.25, 0.3) is 5.56 Å². The SMILES string of the molecule is C=CCn1c(SCC(=O)Nc2ccccc2)nc2c(c1=O)C1(CCCCC1)Cc1ccccc1-2. The Hall–Kier alpha value is -3.12. The first-order chi connectivity index (χ1) is 16.6. The van der Waals surface area contributed by atoms with Crippen LogP contribution >= 0.6 is 11.8 Å². The lowest BCUT2D eigenvalue weighted by atomic mass is 9.62. The number of hydrogen-bond acceptors (Lipinski definition) is 4. The minimum absolute atomic E-state index is 0.0206. The number of aromatic nitrogens is 2. The molecule has 1 amide bonds. The maximum Gasteiger partial charge on any atom is 0.258 e. The molecule has 1 aromatic heterocycles. The second-order valence-corrected chi connectivity index (χ2v) is 10.1. The highest BCUT2D eigenvalue weighted by molar-refractivity contribution is 7.99. The van der Waals surface area contributed by atoms with Crippen LogP contribution in [0, 0.1) is 0 Å². The van der Waals surface area contributed by atoms with E-state index < -0.39 is 0 Å². The van der Waals surface area contributed by atoms with Gasteiger partial charge in [0.1, 0.15) is 0 Å². The van der Waals surface area contributed by atoms with Gasteiger partial charge >= 0.3 is 0 Å². The molecule has 1 heterocycles. The van der Waals surface area contributed by atoms with E-state index in [0.29, 0.717) is 11.7 Å². The van der Waals surface area contributed by atoms with Crippen LogP contribution in [0.25, 0.3) is 11.3 Å². The average Bonchev–Trinajstić information content (AvgIpc) is 2.85. The summed E-state index contributed by atoms with van der Waals surface area (Å²) in [5.41, 5.74) is 4.61. The number of fused-ring (bicyclic) bond motifs is 4. The Balaban J connectivity index is 1.55. The number of para-hydroxylation sites is 1. The zero-order valence-electron chi connectivity index (χ0n) is 19.3. The Morgan fingerprint density at radius 2 is 1.82 bits per heavy atom. The van der Waals surface area contributed by atoms with Gasteiger partial charge in [-0.15, -0.1) is 6.58 Å². The van der Waals surface area contributed by atoms with E-state index in [1.165, 1.54) is 23.7 Å². The van der Waals surface area contributed by atoms with Crippen molar-refractivity contribution >= 4 is 23.4 Å². The third kappa shape index (κ3) is 4.23. The second kappa shape index (κ2) is 9.63. The van der Waals surface area contributed by atoms with Gasteiger partial charge in [0.2, 0.25) is 5.91 Å². The molecule has 2 aliphatic rings. The van der Waals surface area contributed by atoms with E-state index in [4.69, 9.17) is 4.98 Å². The van der Waals surface area contributed by atoms with Crippen LogP contribution in [0.2, 0.25) is 0 Å². The summed E-state index contributed by atoms with van der Waals surface area (Å²) < 4.78 is 1.70. The van der Waals surface area contributed by atoms with E-state index in [2.05, 4.69) is 30.1 Å². The summed E-state index contributed by atoms with van der Waals surface area (Å²) in [7, 11) is 0. The summed E-state index contributed by atoms with van der Waals surface area (Å²) in [5.74, 6) is 0.0433. The van der Waals surface area contributed by atoms with Crippen molar-refractivity contribution in [2.24, 2.45) is 0 Å². The van der Waals surface area contributed by atoms with E-state index in [0.717, 1.165) is 54.6 Å². The van der Waals surface area contributed by atoms with Crippen molar-refractivity contribution in [2.45, 2.75) is 55.6 Å². The lowest BCUT2D eigenvalue weighted by Crippen LogP contribution is -2.43. The standard InChI is InChI=1S/C28H29N3O2S/c1-2-17-31-26(33)24-25(30-27(31)34-19-23(32)29-21-12-5-3-6-13-21)22-14-8-7-11-20(22)18-28(24)15-9-4-10-16-28/h2-3,5-8,11-14H,1,4,9-10,15-19H2,(H,29,32). The van der Waals surface area contributed by atoms with Gasteiger partial charge in [-0.2, -0.15) is 0 Å². The van der Waals surface area contributed by atoms with Crippen LogP contribution in [0.5, 0.6) is 0 Å². The summed E-state index contributed by atoms with van der Waals surface area (Å²) >= 11 is 1.30. The Morgan fingerprint density at radius 3 is 2.59 bits per heavy atom. The number of anilines is 1. The van der Waals surface area contributed by atoms with E-state index in [-0.39, 0.29) is 22.6 Å². The molecule has 0 atom stereocenters. The normalized spacial score (nSPS) is 15.9. The molecular formula is C28H29N3O2S. The molecule has 1 fully saturated rings. The number of nitrogens with one attached hydrogen (secondary N) is 1. The summed E-state index contributed by atoms with van der Waals surface area (Å²) in [6.45, 7) is 4.24. The van der Waals surface area contributed by atoms with Crippen molar-refractivity contribution in [2.75, 3.05) is 11.1 Å². The molecule has 6 heteroatoms. The van der Waals surface area contributed by atoms with Gasteiger partial charge in [-0.1, -0.05) is 79.6 Å². The number of rotatable bonds is 6. The number of carbonyl (C=O) groups is 1. The van der Waals surface area contributed by atoms with Crippen LogP contribution in [0.4, 0.5) is 5.69 Å². The Bertz CT molecular complexity index is 1280. The van der Waals surface area contributed by atoms with Crippen molar-refractivity contribution in [1.29, 1.82) is 0 Å². The molecule has 3 aromatic rings. The first-order valence-electron chi connectivity index (χ1n) is 11.9. The maximum atomic E-state index is 14.0. The predicted molar refractivity (Wildman–Crippen MR) is 138 cm³/mol. The van der Waals surface area contributed by atoms with Gasteiger partial charge in [0.15, 0.2) is 5.16 Å². The van der Waals surface area contributed by atoms with E-state index in [1.54, 1.807) is 10.6 Å². The zero-order chi connectivity index (χ0) is 23.5. The molecule has 1 spiro atoms. The van der Waals surface area contributed by atoms with Crippen molar-refractivity contribution in [3.8, 4) is 11.3 Å². The first-order valence-corrected chi connectivity index (χ1v) is 12.9. The third-order valence-electron chi connectivity index (χ3n) is 6.98. The zero-order valence-corrected chi connectivity index (χ0v) is 20.1. The molecule has 1 N–H and O–H groups in total. The van der Waals surface area contributed by atoms with Crippen molar-refractivity contribution < 1.29 is 4.79 Å². The molecule has 0 bridgehead atoms. The summed E-state index contributed by atoms with van der Waals surface area (Å²) in [4.78, 5) is 31.7. The highest BCUT2D eigenvalue weighted by Gasteiger charge is 2.43. The Morgan fingerprint density at radius 1 is 1.09 bits per heavy atom. The van der Waals surface area contributed by atoms with Crippen LogP contribution < -0.4 is 10.9 Å². The highest BCUT2D eigenvalue weighted by atomic mass is 32.2. The van der Waals surface area contributed by atoms with Crippen molar-refractivity contribution in [1.82, 2.24) is 9.55 Å². The molecule has 0 radical (unpaired) electrons. The van der Waals surface area contributed by atoms with Gasteiger partial charge in [-0.3, -0.25) is 14.2 Å². The lowest BCUT2D eigenvalue weighted by molar-refractivity contribution is -0.113. The molecule has 34 heavy (non-hydrogen) atoms. The number of amides is 1. The largest absolute Gasteiger partial charge is 0.325 e. The van der Waals surface area contributed by atoms with E-state index in [1.807, 2.05) is 36.4 Å². The van der Waals surface area contributed by atoms with Gasteiger partial charge in [0, 0.05) is 23.2 Å².